The molecule has 0 aliphatic heterocycles. The largest absolute Gasteiger partial charge is 0.381 e. The van der Waals surface area contributed by atoms with Crippen LogP contribution in [0.25, 0.3) is 0 Å². The molecule has 0 spiro atoms. The highest BCUT2D eigenvalue weighted by Crippen LogP contribution is 1.74. The fourth-order valence-electron chi connectivity index (χ4n) is 0.485. The van der Waals surface area contributed by atoms with Crippen molar-refractivity contribution in [1.29, 1.82) is 0 Å². The zero-order chi connectivity index (χ0) is 18.6. The molecular weight excluding hydrogens is 304 g/mol. The van der Waals surface area contributed by atoms with Gasteiger partial charge in [-0.15, -0.1) is 11.6 Å². The molecule has 0 heterocycles. The molecule has 0 aliphatic carbocycles. The van der Waals surface area contributed by atoms with Crippen LogP contribution in [-0.4, -0.2) is 51.9 Å². The minimum atomic E-state index is -0.0699. The van der Waals surface area contributed by atoms with Crippen molar-refractivity contribution in [2.75, 3.05) is 39.7 Å². The minimum absolute atomic E-state index is 0.0699. The first-order chi connectivity index (χ1) is 10.6. The van der Waals surface area contributed by atoms with Gasteiger partial charge in [-0.25, -0.2) is 0 Å². The van der Waals surface area contributed by atoms with Gasteiger partial charge < -0.3 is 20.2 Å². The summed E-state index contributed by atoms with van der Waals surface area (Å²) in [5.74, 6) is 0.0413. The van der Waals surface area contributed by atoms with Gasteiger partial charge in [-0.2, -0.15) is 0 Å². The van der Waals surface area contributed by atoms with E-state index in [1.54, 1.807) is 13.2 Å². The zero-order valence-electron chi connectivity index (χ0n) is 15.7. The average molecular weight is 341 g/mol. The Hall–Kier alpha value is -0.910. The fraction of sp³-hybridized carbons (Fsp3) is 0.750. The highest BCUT2D eigenvalue weighted by atomic mass is 35.5. The summed E-state index contributed by atoms with van der Waals surface area (Å²) in [6, 6.07) is 0. The minimum Gasteiger partial charge on any atom is -0.381 e. The Kier molecular flexibility index (Phi) is 74.9. The number of likely N-dealkylation sites (N-methyl/N-ethyl adjacent to an activating group) is 1. The molecule has 0 radical (unpaired) electrons. The normalized spacial score (nSPS) is 7.68. The summed E-state index contributed by atoms with van der Waals surface area (Å²) >= 11 is 4.82. The van der Waals surface area contributed by atoms with E-state index < -0.39 is 0 Å². The van der Waals surface area contributed by atoms with Gasteiger partial charge in [0.25, 0.3) is 0 Å². The van der Waals surface area contributed by atoms with Crippen molar-refractivity contribution in [3.05, 3.63) is 12.2 Å². The van der Waals surface area contributed by atoms with Crippen LogP contribution in [0.4, 0.5) is 0 Å². The van der Waals surface area contributed by atoms with E-state index in [0.717, 1.165) is 6.54 Å². The average Bonchev–Trinajstić information content (AvgIpc) is 2.59. The van der Waals surface area contributed by atoms with Crippen LogP contribution in [-0.2, 0) is 14.3 Å². The van der Waals surface area contributed by atoms with Crippen LogP contribution in [0.1, 0.15) is 41.5 Å². The van der Waals surface area contributed by atoms with Gasteiger partial charge in [-0.1, -0.05) is 40.7 Å². The summed E-state index contributed by atoms with van der Waals surface area (Å²) in [6.07, 6.45) is 3.78. The molecule has 0 saturated carbocycles. The highest BCUT2D eigenvalue weighted by molar-refractivity contribution is 6.24. The number of rotatable bonds is 6. The Bertz CT molecular complexity index is 200. The Morgan fingerprint density at radius 2 is 1.55 bits per heavy atom. The van der Waals surface area contributed by atoms with Crippen LogP contribution in [0.2, 0.25) is 0 Å². The van der Waals surface area contributed by atoms with Crippen LogP contribution in [0.5, 0.6) is 0 Å². The fourth-order valence-corrected chi connectivity index (χ4v) is 0.485. The molecule has 2 N–H and O–H groups in total. The molecule has 6 heteroatoms. The van der Waals surface area contributed by atoms with Crippen molar-refractivity contribution in [2.24, 2.45) is 0 Å². The van der Waals surface area contributed by atoms with Crippen molar-refractivity contribution >= 4 is 23.8 Å². The lowest BCUT2D eigenvalue weighted by molar-refractivity contribution is -0.116. The predicted octanol–water partition coefficient (Wildman–Crippen LogP) is 3.03. The van der Waals surface area contributed by atoms with Crippen LogP contribution >= 0.6 is 11.6 Å². The van der Waals surface area contributed by atoms with Gasteiger partial charge in [-0.3, -0.25) is 4.79 Å². The molecule has 136 valence electrons. The standard InChI is InChI=1S/C7H13NO2.C3H9N.C2H3ClO.2C2H6/c1-3-8-7(9)5-4-6-10-2;1-3-4-2;3-1-2-4;2*1-2/h4-5H,3,6H2,1-2H3,(H,8,9);4H,3H2,1-2H3;2H,1H2;2*1-2H3/b5-4+;;;;. The smallest absolute Gasteiger partial charge is 0.243 e. The molecule has 0 fully saturated rings. The zero-order valence-corrected chi connectivity index (χ0v) is 16.4. The Balaban J connectivity index is -0.0000000671. The molecule has 0 aliphatic rings. The van der Waals surface area contributed by atoms with Gasteiger partial charge in [0.15, 0.2) is 0 Å². The molecule has 0 saturated heterocycles. The quantitative estimate of drug-likeness (QED) is 0.443. The summed E-state index contributed by atoms with van der Waals surface area (Å²) in [7, 11) is 3.52. The second-order valence-electron chi connectivity index (χ2n) is 2.78. The number of carbonyl (C=O) groups is 2. The maximum absolute atomic E-state index is 10.7. The number of ether oxygens (including phenoxy) is 1. The number of hydrogen-bond donors (Lipinski definition) is 2. The molecule has 0 unspecified atom stereocenters. The molecular formula is C16H37ClN2O3. The van der Waals surface area contributed by atoms with E-state index in [4.69, 9.17) is 21.1 Å². The molecule has 0 aromatic carbocycles. The van der Waals surface area contributed by atoms with Crippen molar-refractivity contribution in [1.82, 2.24) is 10.6 Å². The SMILES string of the molecule is CC.CC.CCNC.CCNC(=O)/C=C/COC.O=CCCl. The summed E-state index contributed by atoms with van der Waals surface area (Å²) in [5.41, 5.74) is 0. The lowest BCUT2D eigenvalue weighted by atomic mass is 10.5. The van der Waals surface area contributed by atoms with E-state index >= 15 is 0 Å². The van der Waals surface area contributed by atoms with E-state index in [-0.39, 0.29) is 11.8 Å². The summed E-state index contributed by atoms with van der Waals surface area (Å²) < 4.78 is 4.70. The molecule has 0 atom stereocenters. The maximum atomic E-state index is 10.7. The van der Waals surface area contributed by atoms with Crippen LogP contribution < -0.4 is 10.6 Å². The van der Waals surface area contributed by atoms with Gasteiger partial charge in [0, 0.05) is 19.7 Å². The third-order valence-corrected chi connectivity index (χ3v) is 1.43. The van der Waals surface area contributed by atoms with Gasteiger partial charge in [0.2, 0.25) is 5.91 Å². The molecule has 0 rings (SSSR count). The second kappa shape index (κ2) is 50.1. The van der Waals surface area contributed by atoms with Crippen molar-refractivity contribution in [3.8, 4) is 0 Å². The number of hydrogen-bond acceptors (Lipinski definition) is 4. The lowest BCUT2D eigenvalue weighted by Gasteiger charge is -1.93. The molecule has 5 nitrogen and oxygen atoms in total. The van der Waals surface area contributed by atoms with Gasteiger partial charge in [0.05, 0.1) is 12.5 Å². The van der Waals surface area contributed by atoms with Crippen molar-refractivity contribution in [3.63, 3.8) is 0 Å². The Morgan fingerprint density at radius 1 is 1.14 bits per heavy atom. The number of alkyl halides is 1. The van der Waals surface area contributed by atoms with Gasteiger partial charge in [0.1, 0.15) is 6.29 Å². The van der Waals surface area contributed by atoms with E-state index in [2.05, 4.69) is 17.6 Å². The van der Waals surface area contributed by atoms with Crippen LogP contribution in [0.3, 0.4) is 0 Å². The molecule has 0 aromatic heterocycles. The summed E-state index contributed by atoms with van der Waals surface area (Å²) in [4.78, 5) is 19.7. The first-order valence-electron chi connectivity index (χ1n) is 7.71. The molecule has 0 bridgehead atoms. The monoisotopic (exact) mass is 340 g/mol. The number of aldehydes is 1. The van der Waals surface area contributed by atoms with Crippen molar-refractivity contribution in [2.45, 2.75) is 41.5 Å². The molecule has 0 aromatic rings. The topological polar surface area (TPSA) is 67.4 Å². The first kappa shape index (κ1) is 32.9. The van der Waals surface area contributed by atoms with E-state index in [9.17, 15) is 4.79 Å². The number of halogens is 1. The molecule has 1 amide bonds. The third-order valence-electron chi connectivity index (χ3n) is 1.30. The Morgan fingerprint density at radius 3 is 1.77 bits per heavy atom. The van der Waals surface area contributed by atoms with Gasteiger partial charge in [-0.05, 0) is 20.5 Å². The number of amides is 1. The lowest BCUT2D eigenvalue weighted by Crippen LogP contribution is -2.19. The predicted molar refractivity (Wildman–Crippen MR) is 98.8 cm³/mol. The van der Waals surface area contributed by atoms with Crippen LogP contribution in [0, 0.1) is 0 Å². The number of methoxy groups -OCH3 is 1. The van der Waals surface area contributed by atoms with E-state index in [0.29, 0.717) is 19.4 Å². The van der Waals surface area contributed by atoms with E-state index in [1.807, 2.05) is 41.7 Å². The second-order valence-corrected chi connectivity index (χ2v) is 3.09. The summed E-state index contributed by atoms with van der Waals surface area (Å²) in [6.45, 7) is 14.2. The Labute approximate surface area is 142 Å². The van der Waals surface area contributed by atoms with E-state index in [1.165, 1.54) is 6.08 Å². The molecule has 22 heavy (non-hydrogen) atoms. The number of nitrogens with one attached hydrogen (secondary N) is 2. The third kappa shape index (κ3) is 75.6. The highest BCUT2D eigenvalue weighted by Gasteiger charge is 1.87. The summed E-state index contributed by atoms with van der Waals surface area (Å²) in [5, 5.41) is 5.55. The number of carbonyl (C=O) groups excluding carboxylic acids is 2. The maximum Gasteiger partial charge on any atom is 0.243 e. The van der Waals surface area contributed by atoms with Crippen LogP contribution in [0.15, 0.2) is 12.2 Å². The van der Waals surface area contributed by atoms with Crippen molar-refractivity contribution < 1.29 is 14.3 Å². The first-order valence-corrected chi connectivity index (χ1v) is 8.25. The van der Waals surface area contributed by atoms with Gasteiger partial charge >= 0.3 is 0 Å².